The summed E-state index contributed by atoms with van der Waals surface area (Å²) in [4.78, 5) is 16.2. The summed E-state index contributed by atoms with van der Waals surface area (Å²) in [7, 11) is 4.26. The molecule has 0 saturated heterocycles. The van der Waals surface area contributed by atoms with Gasteiger partial charge in [0.1, 0.15) is 0 Å². The maximum Gasteiger partial charge on any atom is 0.338 e. The van der Waals surface area contributed by atoms with Crippen molar-refractivity contribution >= 4 is 5.97 Å². The summed E-state index contributed by atoms with van der Waals surface area (Å²) in [6.45, 7) is 0. The van der Waals surface area contributed by atoms with Crippen molar-refractivity contribution in [1.29, 1.82) is 0 Å². The number of hydrogen-bond acceptors (Lipinski definition) is 6. The maximum absolute atomic E-state index is 12.0. The molecule has 6 heteroatoms. The van der Waals surface area contributed by atoms with Crippen molar-refractivity contribution in [3.05, 3.63) is 17.2 Å². The zero-order valence-corrected chi connectivity index (χ0v) is 11.9. The zero-order chi connectivity index (χ0) is 14.7. The van der Waals surface area contributed by atoms with Crippen molar-refractivity contribution in [1.82, 2.24) is 4.98 Å². The van der Waals surface area contributed by atoms with E-state index < -0.39 is 12.1 Å². The van der Waals surface area contributed by atoms with Gasteiger partial charge in [-0.25, -0.2) is 4.79 Å². The molecule has 0 bridgehead atoms. The highest BCUT2D eigenvalue weighted by Gasteiger charge is 2.34. The molecule has 0 amide bonds. The van der Waals surface area contributed by atoms with E-state index in [1.165, 1.54) is 27.4 Å². The molecule has 1 aliphatic rings. The van der Waals surface area contributed by atoms with Gasteiger partial charge in [-0.05, 0) is 12.8 Å². The van der Waals surface area contributed by atoms with E-state index in [2.05, 4.69) is 4.98 Å². The van der Waals surface area contributed by atoms with Gasteiger partial charge in [0, 0.05) is 17.5 Å². The fourth-order valence-electron chi connectivity index (χ4n) is 2.68. The van der Waals surface area contributed by atoms with Gasteiger partial charge in [-0.1, -0.05) is 6.42 Å². The SMILES string of the molecule is COC(=O)c1cc(OC)nc(OC)c1C1CCC[C@@H]1O. The van der Waals surface area contributed by atoms with Crippen LogP contribution in [0.25, 0.3) is 0 Å². The molecule has 1 aliphatic carbocycles. The summed E-state index contributed by atoms with van der Waals surface area (Å²) in [6.07, 6.45) is 1.90. The van der Waals surface area contributed by atoms with Crippen LogP contribution in [-0.4, -0.2) is 43.5 Å². The molecular weight excluding hydrogens is 262 g/mol. The number of pyridine rings is 1. The standard InChI is InChI=1S/C14H19NO5/c1-18-11-7-9(14(17)20-3)12(13(15-11)19-2)8-5-4-6-10(8)16/h7-8,10,16H,4-6H2,1-3H3/t8?,10-/m0/s1. The predicted molar refractivity (Wildman–Crippen MR) is 71.3 cm³/mol. The quantitative estimate of drug-likeness (QED) is 0.843. The molecule has 1 fully saturated rings. The second kappa shape index (κ2) is 6.09. The number of aliphatic hydroxyl groups excluding tert-OH is 1. The number of nitrogens with zero attached hydrogens (tertiary/aromatic N) is 1. The first-order chi connectivity index (χ1) is 9.62. The van der Waals surface area contributed by atoms with Gasteiger partial charge in [0.25, 0.3) is 0 Å². The Hall–Kier alpha value is -1.82. The van der Waals surface area contributed by atoms with Crippen molar-refractivity contribution in [2.75, 3.05) is 21.3 Å². The van der Waals surface area contributed by atoms with Gasteiger partial charge >= 0.3 is 5.97 Å². The van der Waals surface area contributed by atoms with E-state index in [-0.39, 0.29) is 11.8 Å². The van der Waals surface area contributed by atoms with Crippen LogP contribution in [0, 0.1) is 0 Å². The summed E-state index contributed by atoms with van der Waals surface area (Å²) in [5, 5.41) is 10.1. The predicted octanol–water partition coefficient (Wildman–Crippen LogP) is 1.51. The number of aliphatic hydroxyl groups is 1. The maximum atomic E-state index is 12.0. The Morgan fingerprint density at radius 2 is 2.05 bits per heavy atom. The average molecular weight is 281 g/mol. The number of esters is 1. The third kappa shape index (κ3) is 2.56. The minimum Gasteiger partial charge on any atom is -0.481 e. The van der Waals surface area contributed by atoms with Crippen LogP contribution in [-0.2, 0) is 4.74 Å². The van der Waals surface area contributed by atoms with Crippen molar-refractivity contribution < 1.29 is 24.1 Å². The van der Waals surface area contributed by atoms with Crippen LogP contribution in [0.3, 0.4) is 0 Å². The lowest BCUT2D eigenvalue weighted by Gasteiger charge is -2.20. The second-order valence-electron chi connectivity index (χ2n) is 4.73. The van der Waals surface area contributed by atoms with Crippen LogP contribution >= 0.6 is 0 Å². The first-order valence-electron chi connectivity index (χ1n) is 6.51. The minimum atomic E-state index is -0.498. The molecule has 110 valence electrons. The molecule has 1 aromatic heterocycles. The van der Waals surface area contributed by atoms with Gasteiger partial charge < -0.3 is 19.3 Å². The molecule has 1 N–H and O–H groups in total. The molecule has 1 unspecified atom stereocenters. The molecule has 0 aromatic carbocycles. The van der Waals surface area contributed by atoms with Crippen LogP contribution in [0.1, 0.15) is 41.1 Å². The van der Waals surface area contributed by atoms with E-state index in [0.29, 0.717) is 23.4 Å². The largest absolute Gasteiger partial charge is 0.481 e. The Labute approximate surface area is 117 Å². The van der Waals surface area contributed by atoms with E-state index in [4.69, 9.17) is 14.2 Å². The number of carbonyl (C=O) groups excluding carboxylic acids is 1. The van der Waals surface area contributed by atoms with Gasteiger partial charge in [0.05, 0.1) is 33.0 Å². The summed E-state index contributed by atoms with van der Waals surface area (Å²) >= 11 is 0. The lowest BCUT2D eigenvalue weighted by atomic mass is 9.92. The Bertz CT molecular complexity index is 503. The highest BCUT2D eigenvalue weighted by molar-refractivity contribution is 5.92. The lowest BCUT2D eigenvalue weighted by Crippen LogP contribution is -2.18. The molecule has 1 heterocycles. The molecule has 0 radical (unpaired) electrons. The van der Waals surface area contributed by atoms with Gasteiger partial charge in [-0.2, -0.15) is 4.98 Å². The van der Waals surface area contributed by atoms with Crippen molar-refractivity contribution in [3.8, 4) is 11.8 Å². The van der Waals surface area contributed by atoms with Gasteiger partial charge in [0.15, 0.2) is 0 Å². The smallest absolute Gasteiger partial charge is 0.338 e. The van der Waals surface area contributed by atoms with Crippen LogP contribution in [0.15, 0.2) is 6.07 Å². The molecule has 2 rings (SSSR count). The van der Waals surface area contributed by atoms with Gasteiger partial charge in [-0.15, -0.1) is 0 Å². The number of ether oxygens (including phenoxy) is 3. The highest BCUT2D eigenvalue weighted by Crippen LogP contribution is 2.41. The van der Waals surface area contributed by atoms with E-state index in [1.54, 1.807) is 0 Å². The molecule has 1 aromatic rings. The molecule has 20 heavy (non-hydrogen) atoms. The topological polar surface area (TPSA) is 77.9 Å². The monoisotopic (exact) mass is 281 g/mol. The van der Waals surface area contributed by atoms with Gasteiger partial charge in [0.2, 0.25) is 11.8 Å². The van der Waals surface area contributed by atoms with Crippen molar-refractivity contribution in [2.45, 2.75) is 31.3 Å². The van der Waals surface area contributed by atoms with E-state index in [9.17, 15) is 9.90 Å². The van der Waals surface area contributed by atoms with E-state index in [1.807, 2.05) is 0 Å². The fourth-order valence-corrected chi connectivity index (χ4v) is 2.68. The van der Waals surface area contributed by atoms with E-state index >= 15 is 0 Å². The Morgan fingerprint density at radius 3 is 2.55 bits per heavy atom. The zero-order valence-electron chi connectivity index (χ0n) is 11.9. The normalized spacial score (nSPS) is 21.6. The van der Waals surface area contributed by atoms with E-state index in [0.717, 1.165) is 12.8 Å². The fraction of sp³-hybridized carbons (Fsp3) is 0.571. The number of rotatable bonds is 4. The summed E-state index contributed by atoms with van der Waals surface area (Å²) in [5.74, 6) is -0.0789. The summed E-state index contributed by atoms with van der Waals surface area (Å²) in [6, 6.07) is 1.52. The van der Waals surface area contributed by atoms with Crippen LogP contribution in [0.2, 0.25) is 0 Å². The number of hydrogen-bond donors (Lipinski definition) is 1. The Kier molecular flexibility index (Phi) is 4.44. The third-order valence-corrected chi connectivity index (χ3v) is 3.66. The molecular formula is C14H19NO5. The van der Waals surface area contributed by atoms with Crippen molar-refractivity contribution in [2.24, 2.45) is 0 Å². The molecule has 2 atom stereocenters. The van der Waals surface area contributed by atoms with Crippen LogP contribution in [0.4, 0.5) is 0 Å². The van der Waals surface area contributed by atoms with Crippen LogP contribution in [0.5, 0.6) is 11.8 Å². The molecule has 6 nitrogen and oxygen atoms in total. The Morgan fingerprint density at radius 1 is 1.30 bits per heavy atom. The van der Waals surface area contributed by atoms with Gasteiger partial charge in [-0.3, -0.25) is 0 Å². The Balaban J connectivity index is 2.58. The number of methoxy groups -OCH3 is 3. The average Bonchev–Trinajstić information content (AvgIpc) is 2.90. The second-order valence-corrected chi connectivity index (χ2v) is 4.73. The number of aromatic nitrogens is 1. The first kappa shape index (κ1) is 14.6. The molecule has 1 saturated carbocycles. The third-order valence-electron chi connectivity index (χ3n) is 3.66. The van der Waals surface area contributed by atoms with Crippen LogP contribution < -0.4 is 9.47 Å². The molecule has 0 aliphatic heterocycles. The molecule has 0 spiro atoms. The highest BCUT2D eigenvalue weighted by atomic mass is 16.5. The summed E-state index contributed by atoms with van der Waals surface area (Å²) in [5.41, 5.74) is 0.937. The summed E-state index contributed by atoms with van der Waals surface area (Å²) < 4.78 is 15.2. The van der Waals surface area contributed by atoms with Crippen molar-refractivity contribution in [3.63, 3.8) is 0 Å². The number of carbonyl (C=O) groups is 1. The lowest BCUT2D eigenvalue weighted by molar-refractivity contribution is 0.0596. The first-order valence-corrected chi connectivity index (χ1v) is 6.51. The minimum absolute atomic E-state index is 0.169.